The second-order valence-corrected chi connectivity index (χ2v) is 6.01. The zero-order valence-electron chi connectivity index (χ0n) is 13.6. The van der Waals surface area contributed by atoms with Crippen molar-refractivity contribution in [2.75, 3.05) is 0 Å². The van der Waals surface area contributed by atoms with Gasteiger partial charge in [-0.1, -0.05) is 61.4 Å². The van der Waals surface area contributed by atoms with Crippen molar-refractivity contribution in [3.63, 3.8) is 0 Å². The van der Waals surface area contributed by atoms with Crippen LogP contribution in [0.25, 0.3) is 18.2 Å². The number of halogens is 5. The molecule has 0 aliphatic rings. The fourth-order valence-corrected chi connectivity index (χ4v) is 2.59. The van der Waals surface area contributed by atoms with Crippen molar-refractivity contribution >= 4 is 29.8 Å². The molecule has 0 aliphatic carbocycles. The quantitative estimate of drug-likeness (QED) is 0.387. The second-order valence-electron chi connectivity index (χ2n) is 5.60. The van der Waals surface area contributed by atoms with E-state index >= 15 is 0 Å². The molecule has 0 heterocycles. The van der Waals surface area contributed by atoms with Crippen molar-refractivity contribution in [3.05, 3.63) is 75.6 Å². The number of allylic oxidation sites excluding steroid dienone is 1. The summed E-state index contributed by atoms with van der Waals surface area (Å²) in [5.41, 5.74) is 2.39. The highest BCUT2D eigenvalue weighted by molar-refractivity contribution is 6.32. The van der Waals surface area contributed by atoms with Crippen molar-refractivity contribution in [3.8, 4) is 0 Å². The summed E-state index contributed by atoms with van der Waals surface area (Å²) >= 11 is 5.91. The van der Waals surface area contributed by atoms with Crippen LogP contribution in [0.1, 0.15) is 35.6 Å². The Balaban J connectivity index is 2.19. The van der Waals surface area contributed by atoms with E-state index in [0.29, 0.717) is 11.6 Å². The molecule has 0 bridgehead atoms. The molecule has 2 aromatic rings. The standard InChI is InChI=1S/C20H17ClF4/c1-2-3-14-4-6-15(7-5-14)8-9-16-12-18(21)17(19(22)13-16)10-11-20(23,24)25/h4-13H,2-3H2,1H3/b9-8+,11-10+. The molecule has 5 heteroatoms. The molecule has 0 amide bonds. The fourth-order valence-electron chi connectivity index (χ4n) is 2.31. The van der Waals surface area contributed by atoms with E-state index in [0.717, 1.165) is 24.5 Å². The Bertz CT molecular complexity index is 748. The van der Waals surface area contributed by atoms with Gasteiger partial charge in [-0.25, -0.2) is 4.39 Å². The van der Waals surface area contributed by atoms with Crippen LogP contribution in [0.4, 0.5) is 17.6 Å². The fraction of sp³-hybridized carbons (Fsp3) is 0.200. The van der Waals surface area contributed by atoms with Crippen LogP contribution < -0.4 is 0 Å². The number of rotatable bonds is 5. The highest BCUT2D eigenvalue weighted by atomic mass is 35.5. The van der Waals surface area contributed by atoms with E-state index in [1.165, 1.54) is 11.6 Å². The molecule has 0 atom stereocenters. The largest absolute Gasteiger partial charge is 0.409 e. The van der Waals surface area contributed by atoms with Gasteiger partial charge in [0, 0.05) is 11.6 Å². The summed E-state index contributed by atoms with van der Waals surface area (Å²) in [5, 5.41) is -0.0709. The molecule has 0 radical (unpaired) electrons. The van der Waals surface area contributed by atoms with Gasteiger partial charge in [0.2, 0.25) is 0 Å². The predicted molar refractivity (Wildman–Crippen MR) is 95.9 cm³/mol. The number of benzene rings is 2. The average molecular weight is 369 g/mol. The molecule has 2 aromatic carbocycles. The van der Waals surface area contributed by atoms with Gasteiger partial charge in [0.15, 0.2) is 0 Å². The van der Waals surface area contributed by atoms with Gasteiger partial charge >= 0.3 is 6.18 Å². The Morgan fingerprint density at radius 2 is 1.60 bits per heavy atom. The van der Waals surface area contributed by atoms with Gasteiger partial charge in [0.05, 0.1) is 5.02 Å². The molecule has 0 aromatic heterocycles. The van der Waals surface area contributed by atoms with Crippen molar-refractivity contribution < 1.29 is 17.6 Å². The lowest BCUT2D eigenvalue weighted by Crippen LogP contribution is -2.00. The van der Waals surface area contributed by atoms with Gasteiger partial charge in [-0.2, -0.15) is 13.2 Å². The first kappa shape index (κ1) is 19.3. The molecule has 0 unspecified atom stereocenters. The Labute approximate surface area is 149 Å². The van der Waals surface area contributed by atoms with E-state index in [2.05, 4.69) is 6.92 Å². The van der Waals surface area contributed by atoms with Gasteiger partial charge in [-0.05, 0) is 41.3 Å². The zero-order valence-corrected chi connectivity index (χ0v) is 14.3. The van der Waals surface area contributed by atoms with Crippen molar-refractivity contribution in [2.24, 2.45) is 0 Å². The van der Waals surface area contributed by atoms with Crippen LogP contribution in [-0.4, -0.2) is 6.18 Å². The molecule has 0 saturated heterocycles. The SMILES string of the molecule is CCCc1ccc(/C=C/c2cc(F)c(/C=C/C(F)(F)F)c(Cl)c2)cc1. The molecule has 132 valence electrons. The third-order valence-corrected chi connectivity index (χ3v) is 3.84. The first-order chi connectivity index (χ1) is 11.8. The molecule has 0 nitrogen and oxygen atoms in total. The van der Waals surface area contributed by atoms with Gasteiger partial charge in [-0.15, -0.1) is 0 Å². The van der Waals surface area contributed by atoms with Crippen LogP contribution in [0.5, 0.6) is 0 Å². The van der Waals surface area contributed by atoms with Gasteiger partial charge < -0.3 is 0 Å². The van der Waals surface area contributed by atoms with E-state index in [1.807, 2.05) is 24.3 Å². The first-order valence-electron chi connectivity index (χ1n) is 7.80. The minimum atomic E-state index is -4.52. The monoisotopic (exact) mass is 368 g/mol. The molecular weight excluding hydrogens is 352 g/mol. The van der Waals surface area contributed by atoms with Crippen LogP contribution in [-0.2, 0) is 6.42 Å². The Hall–Kier alpha value is -2.07. The smallest absolute Gasteiger partial charge is 0.206 e. The summed E-state index contributed by atoms with van der Waals surface area (Å²) in [7, 11) is 0. The Morgan fingerprint density at radius 3 is 2.16 bits per heavy atom. The number of hydrogen-bond donors (Lipinski definition) is 0. The lowest BCUT2D eigenvalue weighted by atomic mass is 10.1. The van der Waals surface area contributed by atoms with Gasteiger partial charge in [0.25, 0.3) is 0 Å². The van der Waals surface area contributed by atoms with Crippen LogP contribution in [0.3, 0.4) is 0 Å². The summed E-state index contributed by atoms with van der Waals surface area (Å²) in [4.78, 5) is 0. The summed E-state index contributed by atoms with van der Waals surface area (Å²) in [6.45, 7) is 2.11. The van der Waals surface area contributed by atoms with E-state index < -0.39 is 12.0 Å². The molecule has 0 fully saturated rings. The Morgan fingerprint density at radius 1 is 0.960 bits per heavy atom. The van der Waals surface area contributed by atoms with E-state index in [4.69, 9.17) is 11.6 Å². The summed E-state index contributed by atoms with van der Waals surface area (Å²) in [6.07, 6.45) is 1.63. The second kappa shape index (κ2) is 8.34. The molecule has 0 saturated carbocycles. The zero-order chi connectivity index (χ0) is 18.4. The third-order valence-electron chi connectivity index (χ3n) is 3.53. The number of hydrogen-bond acceptors (Lipinski definition) is 0. The maximum Gasteiger partial charge on any atom is 0.409 e. The summed E-state index contributed by atoms with van der Waals surface area (Å²) < 4.78 is 50.6. The molecule has 0 aliphatic heterocycles. The number of alkyl halides is 3. The van der Waals surface area contributed by atoms with E-state index in [1.54, 1.807) is 12.2 Å². The molecule has 2 rings (SSSR count). The normalized spacial score (nSPS) is 12.4. The molecule has 25 heavy (non-hydrogen) atoms. The Kier molecular flexibility index (Phi) is 6.43. The maximum atomic E-state index is 14.0. The maximum absolute atomic E-state index is 14.0. The van der Waals surface area contributed by atoms with E-state index in [9.17, 15) is 17.6 Å². The molecule has 0 N–H and O–H groups in total. The van der Waals surface area contributed by atoms with E-state index in [-0.39, 0.29) is 16.7 Å². The van der Waals surface area contributed by atoms with Gasteiger partial charge in [0.1, 0.15) is 5.82 Å². The highest BCUT2D eigenvalue weighted by Crippen LogP contribution is 2.26. The molecule has 0 spiro atoms. The first-order valence-corrected chi connectivity index (χ1v) is 8.18. The highest BCUT2D eigenvalue weighted by Gasteiger charge is 2.22. The predicted octanol–water partition coefficient (Wildman–Crippen LogP) is 7.18. The summed E-state index contributed by atoms with van der Waals surface area (Å²) in [5.74, 6) is -0.800. The molecular formula is C20H17ClF4. The van der Waals surface area contributed by atoms with Crippen LogP contribution in [0.2, 0.25) is 5.02 Å². The lowest BCUT2D eigenvalue weighted by molar-refractivity contribution is -0.0790. The third kappa shape index (κ3) is 6.05. The van der Waals surface area contributed by atoms with Gasteiger partial charge in [-0.3, -0.25) is 0 Å². The number of aryl methyl sites for hydroxylation is 1. The van der Waals surface area contributed by atoms with Crippen molar-refractivity contribution in [2.45, 2.75) is 25.9 Å². The lowest BCUT2D eigenvalue weighted by Gasteiger charge is -2.04. The average Bonchev–Trinajstić information content (AvgIpc) is 2.52. The van der Waals surface area contributed by atoms with Crippen molar-refractivity contribution in [1.29, 1.82) is 0 Å². The minimum absolute atomic E-state index is 0.0370. The van der Waals surface area contributed by atoms with Crippen LogP contribution in [0.15, 0.2) is 42.5 Å². The minimum Gasteiger partial charge on any atom is -0.206 e. The summed E-state index contributed by atoms with van der Waals surface area (Å²) in [6, 6.07) is 10.6. The van der Waals surface area contributed by atoms with Crippen LogP contribution in [0, 0.1) is 5.82 Å². The van der Waals surface area contributed by atoms with Crippen LogP contribution >= 0.6 is 11.6 Å². The topological polar surface area (TPSA) is 0 Å². The van der Waals surface area contributed by atoms with Crippen molar-refractivity contribution in [1.82, 2.24) is 0 Å².